The minimum atomic E-state index is 0.436. The molecule has 0 heterocycles. The number of nitrogens with zero attached hydrogens (tertiary/aromatic N) is 2. The van der Waals surface area contributed by atoms with Crippen molar-refractivity contribution in [3.05, 3.63) is 22.6 Å². The van der Waals surface area contributed by atoms with E-state index in [4.69, 9.17) is 0 Å². The first kappa shape index (κ1) is 6.68. The molecule has 2 aliphatic rings. The Bertz CT molecular complexity index is 486. The molecule has 0 unspecified atom stereocenters. The molecule has 2 aliphatic carbocycles. The summed E-state index contributed by atoms with van der Waals surface area (Å²) in [7, 11) is 0. The van der Waals surface area contributed by atoms with Gasteiger partial charge in [-0.05, 0) is 0 Å². The summed E-state index contributed by atoms with van der Waals surface area (Å²) >= 11 is 0. The minimum absolute atomic E-state index is 0.436. The fraction of sp³-hybridized carbons (Fsp3) is 0. The first-order chi connectivity index (χ1) is 5.88. The number of benzene rings is 1. The molecule has 0 aromatic heterocycles. The third-order valence-corrected chi connectivity index (χ3v) is 1.76. The summed E-state index contributed by atoms with van der Waals surface area (Å²) in [5.41, 5.74) is 0.872. The van der Waals surface area contributed by atoms with Crippen molar-refractivity contribution in [2.75, 3.05) is 0 Å². The Morgan fingerprint density at radius 2 is 1.33 bits per heavy atom. The maximum absolute atomic E-state index is 9.92. The predicted molar refractivity (Wildman–Crippen MR) is 39.7 cm³/mol. The first-order valence-electron chi connectivity index (χ1n) is 3.21. The van der Waals surface area contributed by atoms with E-state index in [1.807, 2.05) is 0 Å². The van der Waals surface area contributed by atoms with Crippen LogP contribution in [0, 0.1) is 10.4 Å². The van der Waals surface area contributed by atoms with Gasteiger partial charge in [0.15, 0.2) is 0 Å². The Kier molecular flexibility index (Phi) is 1.25. The number of hydrogen-bond acceptors (Lipinski definition) is 4. The highest BCUT2D eigenvalue weighted by atomic mass is 16.1. The molecule has 0 fully saturated rings. The fourth-order valence-electron chi connectivity index (χ4n) is 1.17. The van der Waals surface area contributed by atoms with E-state index in [-0.39, 0.29) is 0 Å². The summed E-state index contributed by atoms with van der Waals surface area (Å²) in [6.45, 7) is 0. The van der Waals surface area contributed by atoms with E-state index >= 15 is 0 Å². The SMILES string of the molecule is O=C=Nc1c(N=C=O)c2ccc1=2. The van der Waals surface area contributed by atoms with Crippen molar-refractivity contribution in [2.45, 2.75) is 0 Å². The maximum atomic E-state index is 9.92. The highest BCUT2D eigenvalue weighted by molar-refractivity contribution is 5.76. The summed E-state index contributed by atoms with van der Waals surface area (Å²) in [5.74, 6) is 0. The van der Waals surface area contributed by atoms with Crippen molar-refractivity contribution < 1.29 is 9.59 Å². The lowest BCUT2D eigenvalue weighted by molar-refractivity contribution is 0.564. The standard InChI is InChI=1S/C8H2N2O2/c11-3-9-7-5-1-2-6(5)8(7)10-4-12/h1-2H. The van der Waals surface area contributed by atoms with Gasteiger partial charge >= 0.3 is 0 Å². The predicted octanol–water partition coefficient (Wildman–Crippen LogP) is 1.22. The van der Waals surface area contributed by atoms with Crippen molar-refractivity contribution in [3.63, 3.8) is 0 Å². The molecule has 12 heavy (non-hydrogen) atoms. The van der Waals surface area contributed by atoms with Crippen molar-refractivity contribution >= 4 is 23.5 Å². The van der Waals surface area contributed by atoms with E-state index in [0.29, 0.717) is 11.4 Å². The number of hydrogen-bond donors (Lipinski definition) is 0. The van der Waals surface area contributed by atoms with Gasteiger partial charge in [0.05, 0.1) is 0 Å². The fourth-order valence-corrected chi connectivity index (χ4v) is 1.17. The number of carbonyl (C=O) groups excluding carboxylic acids is 2. The van der Waals surface area contributed by atoms with Crippen LogP contribution >= 0.6 is 0 Å². The number of aliphatic imine (C=N–C) groups is 2. The second kappa shape index (κ2) is 2.24. The van der Waals surface area contributed by atoms with E-state index in [1.165, 1.54) is 12.2 Å². The monoisotopic (exact) mass is 158 g/mol. The molecule has 0 saturated carbocycles. The smallest absolute Gasteiger partial charge is 0.211 e. The van der Waals surface area contributed by atoms with Crippen LogP contribution in [0.5, 0.6) is 0 Å². The minimum Gasteiger partial charge on any atom is -0.211 e. The third kappa shape index (κ3) is 0.623. The van der Waals surface area contributed by atoms with Crippen LogP contribution < -0.4 is 0 Å². The Balaban J connectivity index is 2.67. The highest BCUT2D eigenvalue weighted by Gasteiger charge is 2.14. The normalized spacial score (nSPS) is 9.67. The molecule has 4 heteroatoms. The van der Waals surface area contributed by atoms with Crippen LogP contribution in [0.4, 0.5) is 11.4 Å². The molecule has 56 valence electrons. The lowest BCUT2D eigenvalue weighted by Crippen LogP contribution is -1.88. The number of isocyanates is 2. The molecule has 0 saturated heterocycles. The third-order valence-electron chi connectivity index (χ3n) is 1.76. The topological polar surface area (TPSA) is 58.9 Å². The van der Waals surface area contributed by atoms with Crippen molar-refractivity contribution in [2.24, 2.45) is 9.98 Å². The van der Waals surface area contributed by atoms with Gasteiger partial charge in [0.1, 0.15) is 11.4 Å². The zero-order valence-electron chi connectivity index (χ0n) is 5.87. The lowest BCUT2D eigenvalue weighted by Gasteiger charge is -2.09. The largest absolute Gasteiger partial charge is 0.240 e. The Labute approximate surface area is 66.6 Å². The molecule has 0 radical (unpaired) electrons. The Morgan fingerprint density at radius 1 is 0.917 bits per heavy atom. The van der Waals surface area contributed by atoms with Gasteiger partial charge < -0.3 is 0 Å². The van der Waals surface area contributed by atoms with Gasteiger partial charge in [-0.1, -0.05) is 12.1 Å². The molecule has 0 aromatic carbocycles. The van der Waals surface area contributed by atoms with E-state index in [2.05, 4.69) is 9.98 Å². The highest BCUT2D eigenvalue weighted by Crippen LogP contribution is 2.38. The van der Waals surface area contributed by atoms with Gasteiger partial charge in [0.25, 0.3) is 0 Å². The van der Waals surface area contributed by atoms with E-state index < -0.39 is 0 Å². The van der Waals surface area contributed by atoms with Gasteiger partial charge in [0.2, 0.25) is 12.2 Å². The van der Waals surface area contributed by atoms with Crippen molar-refractivity contribution in [3.8, 4) is 0 Å². The molecule has 0 bridgehead atoms. The first-order valence-corrected chi connectivity index (χ1v) is 3.21. The molecule has 0 spiro atoms. The van der Waals surface area contributed by atoms with Crippen LogP contribution in [-0.2, 0) is 9.59 Å². The molecule has 0 aliphatic heterocycles. The van der Waals surface area contributed by atoms with Crippen LogP contribution in [0.1, 0.15) is 0 Å². The average molecular weight is 158 g/mol. The molecule has 0 N–H and O–H groups in total. The van der Waals surface area contributed by atoms with E-state index in [0.717, 1.165) is 10.4 Å². The van der Waals surface area contributed by atoms with Crippen LogP contribution in [-0.4, -0.2) is 12.2 Å². The molecule has 0 amide bonds. The summed E-state index contributed by atoms with van der Waals surface area (Å²) in [6, 6.07) is 3.60. The quantitative estimate of drug-likeness (QED) is 0.487. The molecular weight excluding hydrogens is 156 g/mol. The van der Waals surface area contributed by atoms with Gasteiger partial charge in [-0.2, -0.15) is 9.98 Å². The zero-order valence-corrected chi connectivity index (χ0v) is 5.87. The summed E-state index contributed by atoms with van der Waals surface area (Å²) < 4.78 is 0. The van der Waals surface area contributed by atoms with Crippen LogP contribution in [0.15, 0.2) is 22.1 Å². The van der Waals surface area contributed by atoms with Gasteiger partial charge in [0, 0.05) is 10.4 Å². The molecular formula is C8H2N2O2. The maximum Gasteiger partial charge on any atom is 0.240 e. The molecule has 0 aromatic rings. The van der Waals surface area contributed by atoms with E-state index in [9.17, 15) is 9.59 Å². The van der Waals surface area contributed by atoms with Crippen molar-refractivity contribution in [1.82, 2.24) is 0 Å². The molecule has 2 rings (SSSR count). The Morgan fingerprint density at radius 3 is 1.58 bits per heavy atom. The summed E-state index contributed by atoms with van der Waals surface area (Å²) in [6.07, 6.45) is 2.80. The second-order valence-electron chi connectivity index (χ2n) is 2.26. The summed E-state index contributed by atoms with van der Waals surface area (Å²) in [5, 5.41) is 1.74. The average Bonchev–Trinajstić information content (AvgIpc) is 2.02. The van der Waals surface area contributed by atoms with Crippen LogP contribution in [0.25, 0.3) is 0 Å². The van der Waals surface area contributed by atoms with Crippen LogP contribution in [0.3, 0.4) is 0 Å². The Hall–Kier alpha value is -2.02. The lowest BCUT2D eigenvalue weighted by atomic mass is 10.0. The van der Waals surface area contributed by atoms with Gasteiger partial charge in [-0.15, -0.1) is 0 Å². The second-order valence-corrected chi connectivity index (χ2v) is 2.26. The zero-order chi connectivity index (χ0) is 8.55. The van der Waals surface area contributed by atoms with Gasteiger partial charge in [-0.3, -0.25) is 0 Å². The van der Waals surface area contributed by atoms with E-state index in [1.54, 1.807) is 12.1 Å². The summed E-state index contributed by atoms with van der Waals surface area (Å²) in [4.78, 5) is 26.7. The molecule has 0 atom stereocenters. The van der Waals surface area contributed by atoms with Crippen molar-refractivity contribution in [1.29, 1.82) is 0 Å². The van der Waals surface area contributed by atoms with Gasteiger partial charge in [-0.25, -0.2) is 9.59 Å². The molecule has 4 nitrogen and oxygen atoms in total. The van der Waals surface area contributed by atoms with Crippen LogP contribution in [0.2, 0.25) is 0 Å². The number of rotatable bonds is 2.